The molecule has 0 aliphatic carbocycles. The molecule has 0 spiro atoms. The van der Waals surface area contributed by atoms with Gasteiger partial charge in [0.05, 0.1) is 0 Å². The van der Waals surface area contributed by atoms with Crippen molar-refractivity contribution in [1.82, 2.24) is 0 Å². The van der Waals surface area contributed by atoms with Crippen LogP contribution in [0.15, 0.2) is 30.3 Å². The zero-order chi connectivity index (χ0) is 14.9. The zero-order valence-corrected chi connectivity index (χ0v) is 13.3. The van der Waals surface area contributed by atoms with Crippen LogP contribution in [0.3, 0.4) is 0 Å². The highest BCUT2D eigenvalue weighted by Gasteiger charge is 2.14. The van der Waals surface area contributed by atoms with E-state index in [1.54, 1.807) is 0 Å². The van der Waals surface area contributed by atoms with E-state index in [4.69, 9.17) is 23.2 Å². The Balaban J connectivity index is 2.63. The van der Waals surface area contributed by atoms with Gasteiger partial charge in [0.15, 0.2) is 0 Å². The molecule has 2 rings (SSSR count). The van der Waals surface area contributed by atoms with E-state index in [0.29, 0.717) is 5.02 Å². The van der Waals surface area contributed by atoms with E-state index in [1.807, 2.05) is 38.1 Å². The molecule has 0 N–H and O–H groups in total. The predicted octanol–water partition coefficient (Wildman–Crippen LogP) is 5.24. The van der Waals surface area contributed by atoms with Crippen LogP contribution in [0, 0.1) is 20.8 Å². The summed E-state index contributed by atoms with van der Waals surface area (Å²) < 4.78 is 0. The predicted molar refractivity (Wildman–Crippen MR) is 85.7 cm³/mol. The minimum atomic E-state index is -0.331. The Morgan fingerprint density at radius 3 is 2.20 bits per heavy atom. The summed E-state index contributed by atoms with van der Waals surface area (Å²) in [6, 6.07) is 9.86. The summed E-state index contributed by atoms with van der Waals surface area (Å²) in [5, 5.41) is 0.384. The third kappa shape index (κ3) is 3.05. The first-order chi connectivity index (χ1) is 9.40. The van der Waals surface area contributed by atoms with Gasteiger partial charge >= 0.3 is 0 Å². The number of aryl methyl sites for hydroxylation is 2. The molecular weight excluding hydrogens is 291 g/mol. The lowest BCUT2D eigenvalue weighted by Crippen LogP contribution is -2.03. The van der Waals surface area contributed by atoms with Crippen molar-refractivity contribution in [3.63, 3.8) is 0 Å². The fourth-order valence-electron chi connectivity index (χ4n) is 2.70. The lowest BCUT2D eigenvalue weighted by molar-refractivity contribution is -0.111. The van der Waals surface area contributed by atoms with E-state index in [9.17, 15) is 4.79 Å². The number of carbonyl (C=O) groups is 1. The van der Waals surface area contributed by atoms with Gasteiger partial charge < -0.3 is 0 Å². The van der Waals surface area contributed by atoms with Gasteiger partial charge in [0.1, 0.15) is 0 Å². The highest BCUT2D eigenvalue weighted by Crippen LogP contribution is 2.32. The molecule has 0 radical (unpaired) electrons. The second kappa shape index (κ2) is 5.99. The van der Waals surface area contributed by atoms with Crippen LogP contribution in [-0.4, -0.2) is 5.24 Å². The van der Waals surface area contributed by atoms with Crippen LogP contribution in [-0.2, 0) is 11.2 Å². The molecule has 0 amide bonds. The second-order valence-corrected chi connectivity index (χ2v) is 5.89. The molecule has 1 nitrogen and oxygen atoms in total. The highest BCUT2D eigenvalue weighted by atomic mass is 35.5. The van der Waals surface area contributed by atoms with Gasteiger partial charge in [-0.3, -0.25) is 4.79 Å². The van der Waals surface area contributed by atoms with Crippen molar-refractivity contribution < 1.29 is 4.79 Å². The molecule has 0 saturated heterocycles. The number of rotatable bonds is 3. The van der Waals surface area contributed by atoms with Gasteiger partial charge in [-0.1, -0.05) is 29.8 Å². The summed E-state index contributed by atoms with van der Waals surface area (Å²) in [4.78, 5) is 11.2. The Bertz CT molecular complexity index is 658. The van der Waals surface area contributed by atoms with Crippen LogP contribution < -0.4 is 0 Å². The van der Waals surface area contributed by atoms with Crippen molar-refractivity contribution in [2.24, 2.45) is 0 Å². The van der Waals surface area contributed by atoms with Gasteiger partial charge in [0.2, 0.25) is 5.24 Å². The first-order valence-electron chi connectivity index (χ1n) is 6.44. The molecule has 104 valence electrons. The summed E-state index contributed by atoms with van der Waals surface area (Å²) in [5.74, 6) is 0. The molecule has 20 heavy (non-hydrogen) atoms. The summed E-state index contributed by atoms with van der Waals surface area (Å²) in [6.07, 6.45) is 0.264. The first-order valence-corrected chi connectivity index (χ1v) is 7.19. The minimum Gasteiger partial charge on any atom is -0.281 e. The van der Waals surface area contributed by atoms with E-state index in [1.165, 1.54) is 5.56 Å². The van der Waals surface area contributed by atoms with Crippen LogP contribution in [0.2, 0.25) is 5.02 Å². The normalized spacial score (nSPS) is 10.7. The van der Waals surface area contributed by atoms with Crippen molar-refractivity contribution in [2.45, 2.75) is 27.2 Å². The van der Waals surface area contributed by atoms with Crippen molar-refractivity contribution in [3.8, 4) is 11.1 Å². The molecule has 0 saturated carbocycles. The third-order valence-electron chi connectivity index (χ3n) is 3.58. The maximum atomic E-state index is 11.2. The molecule has 0 heterocycles. The van der Waals surface area contributed by atoms with Crippen LogP contribution >= 0.6 is 23.2 Å². The van der Waals surface area contributed by atoms with Gasteiger partial charge in [0.25, 0.3) is 0 Å². The van der Waals surface area contributed by atoms with Crippen molar-refractivity contribution in [1.29, 1.82) is 0 Å². The molecule has 0 atom stereocenters. The quantitative estimate of drug-likeness (QED) is 0.709. The fourth-order valence-corrected chi connectivity index (χ4v) is 2.96. The molecule has 3 heteroatoms. The lowest BCUT2D eigenvalue weighted by atomic mass is 9.88. The second-order valence-electron chi connectivity index (χ2n) is 5.03. The summed E-state index contributed by atoms with van der Waals surface area (Å²) in [6.45, 7) is 6.14. The van der Waals surface area contributed by atoms with Gasteiger partial charge in [-0.05, 0) is 77.9 Å². The van der Waals surface area contributed by atoms with E-state index >= 15 is 0 Å². The van der Waals surface area contributed by atoms with E-state index in [-0.39, 0.29) is 11.7 Å². The Morgan fingerprint density at radius 2 is 1.65 bits per heavy atom. The maximum Gasteiger partial charge on any atom is 0.226 e. The number of halogens is 2. The molecule has 0 aliphatic rings. The van der Waals surface area contributed by atoms with Crippen LogP contribution in [0.1, 0.15) is 22.3 Å². The largest absolute Gasteiger partial charge is 0.281 e. The van der Waals surface area contributed by atoms with Crippen LogP contribution in [0.5, 0.6) is 0 Å². The molecule has 0 aromatic heterocycles. The lowest BCUT2D eigenvalue weighted by Gasteiger charge is -2.17. The molecule has 2 aromatic carbocycles. The molecule has 0 fully saturated rings. The van der Waals surface area contributed by atoms with Crippen LogP contribution in [0.25, 0.3) is 11.1 Å². The Hall–Kier alpha value is -1.31. The zero-order valence-electron chi connectivity index (χ0n) is 11.8. The third-order valence-corrected chi connectivity index (χ3v) is 3.97. The van der Waals surface area contributed by atoms with Gasteiger partial charge in [-0.15, -0.1) is 0 Å². The number of hydrogen-bond acceptors (Lipinski definition) is 1. The molecule has 0 bridgehead atoms. The Morgan fingerprint density at radius 1 is 1.05 bits per heavy atom. The highest BCUT2D eigenvalue weighted by molar-refractivity contribution is 6.63. The smallest absolute Gasteiger partial charge is 0.226 e. The van der Waals surface area contributed by atoms with Gasteiger partial charge in [0, 0.05) is 11.4 Å². The number of hydrogen-bond donors (Lipinski definition) is 0. The van der Waals surface area contributed by atoms with E-state index in [0.717, 1.165) is 27.8 Å². The average molecular weight is 307 g/mol. The Labute approximate surface area is 129 Å². The van der Waals surface area contributed by atoms with Gasteiger partial charge in [-0.25, -0.2) is 0 Å². The average Bonchev–Trinajstić information content (AvgIpc) is 2.36. The number of benzene rings is 2. The standard InChI is InChI=1S/C17H16Cl2O/c1-10-8-11(2)17(12(3)15(10)9-16(19)20)13-4-6-14(18)7-5-13/h4-8H,9H2,1-3H3. The molecule has 2 aromatic rings. The topological polar surface area (TPSA) is 17.1 Å². The fraction of sp³-hybridized carbons (Fsp3) is 0.235. The Kier molecular flexibility index (Phi) is 4.52. The summed E-state index contributed by atoms with van der Waals surface area (Å²) in [5.41, 5.74) is 6.67. The monoisotopic (exact) mass is 306 g/mol. The maximum absolute atomic E-state index is 11.2. The minimum absolute atomic E-state index is 0.264. The van der Waals surface area contributed by atoms with E-state index < -0.39 is 0 Å². The number of carbonyl (C=O) groups excluding carboxylic acids is 1. The summed E-state index contributed by atoms with van der Waals surface area (Å²) in [7, 11) is 0. The van der Waals surface area contributed by atoms with Crippen molar-refractivity contribution in [2.75, 3.05) is 0 Å². The molecule has 0 unspecified atom stereocenters. The van der Waals surface area contributed by atoms with Gasteiger partial charge in [-0.2, -0.15) is 0 Å². The molecule has 0 aliphatic heterocycles. The van der Waals surface area contributed by atoms with E-state index in [2.05, 4.69) is 13.0 Å². The van der Waals surface area contributed by atoms with Crippen molar-refractivity contribution >= 4 is 28.4 Å². The summed E-state index contributed by atoms with van der Waals surface area (Å²) >= 11 is 11.5. The first kappa shape index (κ1) is 15.1. The SMILES string of the molecule is Cc1cc(C)c(-c2ccc(Cl)cc2)c(C)c1CC(=O)Cl. The van der Waals surface area contributed by atoms with Crippen molar-refractivity contribution in [3.05, 3.63) is 57.6 Å². The van der Waals surface area contributed by atoms with Crippen LogP contribution in [0.4, 0.5) is 0 Å². The molecular formula is C17H16Cl2O.